The fourth-order valence-corrected chi connectivity index (χ4v) is 0.249. The van der Waals surface area contributed by atoms with Crippen LogP contribution in [0.15, 0.2) is 0 Å². The Hall–Kier alpha value is -1.20. The molecule has 0 aliphatic carbocycles. The zero-order valence-corrected chi connectivity index (χ0v) is 8.60. The van der Waals surface area contributed by atoms with Crippen LogP contribution < -0.4 is 0 Å². The highest BCUT2D eigenvalue weighted by Gasteiger charge is 2.17. The maximum absolute atomic E-state index is 10.1. The van der Waals surface area contributed by atoms with Crippen molar-refractivity contribution in [1.29, 1.82) is 0 Å². The molecule has 0 aromatic heterocycles. The second kappa shape index (κ2) is 9.06. The Morgan fingerprint density at radius 3 is 1.25 bits per heavy atom. The van der Waals surface area contributed by atoms with E-state index in [2.05, 4.69) is 9.78 Å². The van der Waals surface area contributed by atoms with Crippen molar-refractivity contribution < 1.29 is 44.6 Å². The van der Waals surface area contributed by atoms with E-state index in [4.69, 9.17) is 25.3 Å². The minimum atomic E-state index is -2.17. The van der Waals surface area contributed by atoms with Crippen LogP contribution in [0.25, 0.3) is 0 Å². The Morgan fingerprint density at radius 2 is 1.12 bits per heavy atom. The summed E-state index contributed by atoms with van der Waals surface area (Å²) in [6, 6.07) is 0. The molecule has 0 radical (unpaired) electrons. The van der Waals surface area contributed by atoms with Gasteiger partial charge < -0.3 is 25.3 Å². The Balaban J connectivity index is 0. The normalized spacial score (nSPS) is 13.1. The van der Waals surface area contributed by atoms with Crippen LogP contribution in [0.3, 0.4) is 0 Å². The van der Waals surface area contributed by atoms with Crippen LogP contribution in [0.2, 0.25) is 0 Å². The number of hydrogen-bond acceptors (Lipinski definition) is 7. The average Bonchev–Trinajstić information content (AvgIpc) is 2.12. The molecule has 2 unspecified atom stereocenters. The summed E-state index contributed by atoms with van der Waals surface area (Å²) in [6.45, 7) is 2.47. The lowest BCUT2D eigenvalue weighted by atomic mass is 10.3. The van der Waals surface area contributed by atoms with Crippen molar-refractivity contribution in [3.05, 3.63) is 0 Å². The lowest BCUT2D eigenvalue weighted by Gasteiger charge is -2.09. The van der Waals surface area contributed by atoms with Crippen molar-refractivity contribution >= 4 is 19.3 Å². The summed E-state index contributed by atoms with van der Waals surface area (Å²) >= 11 is 0. The molecule has 2 atom stereocenters. The first-order valence-electron chi connectivity index (χ1n) is 4.00. The minimum Gasteiger partial charge on any atom is -0.479 e. The first-order valence-corrected chi connectivity index (χ1v) is 4.00. The van der Waals surface area contributed by atoms with Crippen LogP contribution in [-0.4, -0.2) is 56.8 Å². The maximum Gasteiger partial charge on any atom is 0.631 e. The zero-order chi connectivity index (χ0) is 13.3. The van der Waals surface area contributed by atoms with Gasteiger partial charge in [-0.15, -0.1) is 0 Å². The van der Waals surface area contributed by atoms with E-state index in [1.807, 2.05) is 0 Å². The number of carbonyl (C=O) groups is 2. The summed E-state index contributed by atoms with van der Waals surface area (Å²) in [5.74, 6) is -2.43. The highest BCUT2D eigenvalue weighted by atomic mass is 17.2. The first kappa shape index (κ1) is 17.2. The van der Waals surface area contributed by atoms with Crippen LogP contribution in [0.5, 0.6) is 0 Å². The van der Waals surface area contributed by atoms with Gasteiger partial charge in [0.25, 0.3) is 0 Å². The molecule has 0 aliphatic heterocycles. The predicted octanol–water partition coefficient (Wildman–Crippen LogP) is -2.17. The predicted molar refractivity (Wildman–Crippen MR) is 48.8 cm³/mol. The zero-order valence-electron chi connectivity index (χ0n) is 8.60. The van der Waals surface area contributed by atoms with Crippen molar-refractivity contribution in [2.24, 2.45) is 0 Å². The molecule has 0 rings (SSSR count). The van der Waals surface area contributed by atoms with Crippen molar-refractivity contribution in [3.8, 4) is 0 Å². The molecule has 0 bridgehead atoms. The number of hydrogen-bond donors (Lipinski definition) is 5. The molecule has 10 heteroatoms. The fraction of sp³-hybridized carbons (Fsp3) is 0.667. The third-order valence-electron chi connectivity index (χ3n) is 1.04. The van der Waals surface area contributed by atoms with E-state index in [1.165, 1.54) is 13.8 Å². The lowest BCUT2D eigenvalue weighted by Crippen LogP contribution is -2.26. The molecule has 0 aliphatic rings. The molecule has 0 spiro atoms. The van der Waals surface area contributed by atoms with Crippen LogP contribution in [-0.2, 0) is 19.4 Å². The number of aliphatic carboxylic acids is 2. The fourth-order valence-electron chi connectivity index (χ4n) is 0.249. The Bertz CT molecular complexity index is 195. The third kappa shape index (κ3) is 12.8. The second-order valence-corrected chi connectivity index (χ2v) is 2.50. The van der Waals surface area contributed by atoms with E-state index in [0.29, 0.717) is 0 Å². The molecule has 0 saturated carbocycles. The topological polar surface area (TPSA) is 154 Å². The van der Waals surface area contributed by atoms with Crippen molar-refractivity contribution in [3.63, 3.8) is 0 Å². The van der Waals surface area contributed by atoms with E-state index >= 15 is 0 Å². The molecule has 16 heavy (non-hydrogen) atoms. The second-order valence-electron chi connectivity index (χ2n) is 2.50. The van der Waals surface area contributed by atoms with Crippen LogP contribution in [0, 0.1) is 0 Å². The molecule has 0 aromatic carbocycles. The molecular weight excluding hydrogens is 227 g/mol. The van der Waals surface area contributed by atoms with Crippen molar-refractivity contribution in [1.82, 2.24) is 0 Å². The summed E-state index contributed by atoms with van der Waals surface area (Å²) < 4.78 is 0. The number of carboxylic acids is 2. The van der Waals surface area contributed by atoms with E-state index in [-0.39, 0.29) is 0 Å². The van der Waals surface area contributed by atoms with Gasteiger partial charge in [-0.2, -0.15) is 0 Å². The Kier molecular flexibility index (Phi) is 9.75. The van der Waals surface area contributed by atoms with Gasteiger partial charge in [0.05, 0.1) is 0 Å². The quantitative estimate of drug-likeness (QED) is 0.205. The molecule has 0 aromatic rings. The summed E-state index contributed by atoms with van der Waals surface area (Å²) in [4.78, 5) is 28.8. The minimum absolute atomic E-state index is 1.17. The smallest absolute Gasteiger partial charge is 0.479 e. The van der Waals surface area contributed by atoms with Gasteiger partial charge in [0.15, 0.2) is 12.2 Å². The van der Waals surface area contributed by atoms with Gasteiger partial charge in [-0.05, 0) is 13.8 Å². The molecule has 0 saturated heterocycles. The van der Waals surface area contributed by atoms with Crippen LogP contribution in [0.4, 0.5) is 0 Å². The SMILES string of the molecule is CC(OOC(C)C(=O)O)C(=O)O.OB(O)O. The molecule has 9 nitrogen and oxygen atoms in total. The summed E-state index contributed by atoms with van der Waals surface area (Å²) in [6.07, 6.45) is -2.35. The van der Waals surface area contributed by atoms with Gasteiger partial charge in [0.2, 0.25) is 0 Å². The monoisotopic (exact) mass is 240 g/mol. The largest absolute Gasteiger partial charge is 0.631 e. The van der Waals surface area contributed by atoms with Gasteiger partial charge in [0, 0.05) is 0 Å². The van der Waals surface area contributed by atoms with Gasteiger partial charge >= 0.3 is 19.3 Å². The first-order chi connectivity index (χ1) is 7.18. The van der Waals surface area contributed by atoms with Gasteiger partial charge in [-0.25, -0.2) is 19.4 Å². The van der Waals surface area contributed by atoms with Crippen LogP contribution >= 0.6 is 0 Å². The summed E-state index contributed by atoms with van der Waals surface area (Å²) in [5, 5.41) is 38.1. The number of carboxylic acid groups (broad SMARTS) is 2. The van der Waals surface area contributed by atoms with Gasteiger partial charge in [-0.3, -0.25) is 0 Å². The highest BCUT2D eigenvalue weighted by molar-refractivity contribution is 6.30. The molecule has 5 N–H and O–H groups in total. The molecular formula is C6H13BO9. The summed E-state index contributed by atoms with van der Waals surface area (Å²) in [5.41, 5.74) is 0. The average molecular weight is 240 g/mol. The van der Waals surface area contributed by atoms with E-state index in [0.717, 1.165) is 0 Å². The lowest BCUT2D eigenvalue weighted by molar-refractivity contribution is -0.335. The standard InChI is InChI=1S/C6H10O6.BH3O3/c1-3(5(7)8)11-12-4(2)6(9)10;2-1(3)4/h3-4H,1-2H3,(H,7,8)(H,9,10);2-4H. The Morgan fingerprint density at radius 1 is 0.938 bits per heavy atom. The van der Waals surface area contributed by atoms with Crippen molar-refractivity contribution in [2.45, 2.75) is 26.1 Å². The van der Waals surface area contributed by atoms with Gasteiger partial charge in [0.1, 0.15) is 0 Å². The van der Waals surface area contributed by atoms with E-state index in [9.17, 15) is 9.59 Å². The molecule has 0 fully saturated rings. The van der Waals surface area contributed by atoms with E-state index < -0.39 is 31.5 Å². The maximum atomic E-state index is 10.1. The number of rotatable bonds is 5. The Labute approximate surface area is 90.9 Å². The third-order valence-corrected chi connectivity index (χ3v) is 1.04. The van der Waals surface area contributed by atoms with Crippen molar-refractivity contribution in [2.75, 3.05) is 0 Å². The van der Waals surface area contributed by atoms with Crippen LogP contribution in [0.1, 0.15) is 13.8 Å². The molecule has 94 valence electrons. The summed E-state index contributed by atoms with van der Waals surface area (Å²) in [7, 11) is -2.17. The molecule has 0 amide bonds. The van der Waals surface area contributed by atoms with Gasteiger partial charge in [-0.1, -0.05) is 0 Å². The molecule has 0 heterocycles. The highest BCUT2D eigenvalue weighted by Crippen LogP contribution is 1.97. The van der Waals surface area contributed by atoms with E-state index in [1.54, 1.807) is 0 Å².